The Hall–Kier alpha value is -1.10. The van der Waals surface area contributed by atoms with Crippen LogP contribution < -0.4 is 10.5 Å². The first-order valence-corrected chi connectivity index (χ1v) is 8.03. The lowest BCUT2D eigenvalue weighted by Crippen LogP contribution is -2.43. The second-order valence-corrected chi connectivity index (χ2v) is 5.92. The van der Waals surface area contributed by atoms with Gasteiger partial charge in [0.05, 0.1) is 12.6 Å². The van der Waals surface area contributed by atoms with Crippen LogP contribution in [0, 0.1) is 0 Å². The minimum absolute atomic E-state index is 0.231. The van der Waals surface area contributed by atoms with E-state index in [2.05, 4.69) is 42.0 Å². The normalized spacial score (nSPS) is 22.8. The van der Waals surface area contributed by atoms with Crippen LogP contribution in [-0.4, -0.2) is 55.7 Å². The summed E-state index contributed by atoms with van der Waals surface area (Å²) >= 11 is 0. The maximum Gasteiger partial charge on any atom is 0.124 e. The van der Waals surface area contributed by atoms with Gasteiger partial charge in [-0.2, -0.15) is 0 Å². The molecular weight excluding hydrogens is 262 g/mol. The predicted octanol–water partition coefficient (Wildman–Crippen LogP) is 2.11. The molecule has 1 aliphatic heterocycles. The van der Waals surface area contributed by atoms with Crippen LogP contribution in [0.5, 0.6) is 5.75 Å². The van der Waals surface area contributed by atoms with E-state index in [0.717, 1.165) is 25.4 Å². The number of likely N-dealkylation sites (N-methyl/N-ethyl adjacent to an activating group) is 1. The molecule has 118 valence electrons. The Kier molecular flexibility index (Phi) is 6.03. The van der Waals surface area contributed by atoms with Crippen LogP contribution in [0.2, 0.25) is 0 Å². The third kappa shape index (κ3) is 3.96. The fraction of sp³-hybridized carbons (Fsp3) is 0.647. The summed E-state index contributed by atoms with van der Waals surface area (Å²) in [5, 5.41) is 0. The van der Waals surface area contributed by atoms with Crippen LogP contribution >= 0.6 is 0 Å². The van der Waals surface area contributed by atoms with E-state index in [9.17, 15) is 0 Å². The molecule has 1 fully saturated rings. The van der Waals surface area contributed by atoms with E-state index in [1.807, 2.05) is 13.0 Å². The molecule has 1 aromatic carbocycles. The lowest BCUT2D eigenvalue weighted by molar-refractivity contribution is 0.143. The molecule has 1 saturated heterocycles. The maximum absolute atomic E-state index is 6.14. The Balaban J connectivity index is 2.26. The van der Waals surface area contributed by atoms with Crippen LogP contribution in [0.4, 0.5) is 0 Å². The molecule has 0 aromatic heterocycles. The molecule has 2 atom stereocenters. The van der Waals surface area contributed by atoms with Crippen LogP contribution in [0.1, 0.15) is 31.9 Å². The first kappa shape index (κ1) is 16.3. The first-order valence-electron chi connectivity index (χ1n) is 8.03. The fourth-order valence-electron chi connectivity index (χ4n) is 3.34. The Bertz CT molecular complexity index is 438. The zero-order chi connectivity index (χ0) is 15.2. The summed E-state index contributed by atoms with van der Waals surface area (Å²) in [6.07, 6.45) is 1.19. The zero-order valence-electron chi connectivity index (χ0n) is 13.6. The van der Waals surface area contributed by atoms with Crippen molar-refractivity contribution < 1.29 is 4.74 Å². The van der Waals surface area contributed by atoms with Gasteiger partial charge in [0.15, 0.2) is 0 Å². The van der Waals surface area contributed by atoms with Crippen molar-refractivity contribution in [3.05, 3.63) is 29.8 Å². The van der Waals surface area contributed by atoms with Gasteiger partial charge in [-0.1, -0.05) is 18.2 Å². The number of benzene rings is 1. The van der Waals surface area contributed by atoms with Crippen molar-refractivity contribution in [1.82, 2.24) is 9.80 Å². The Morgan fingerprint density at radius 3 is 2.81 bits per heavy atom. The molecule has 4 heteroatoms. The Morgan fingerprint density at radius 1 is 1.33 bits per heavy atom. The van der Waals surface area contributed by atoms with E-state index in [4.69, 9.17) is 10.5 Å². The highest BCUT2D eigenvalue weighted by atomic mass is 16.5. The molecule has 4 nitrogen and oxygen atoms in total. The molecule has 21 heavy (non-hydrogen) atoms. The number of nitrogens with two attached hydrogens (primary N) is 1. The fourth-order valence-corrected chi connectivity index (χ4v) is 3.34. The van der Waals surface area contributed by atoms with E-state index < -0.39 is 0 Å². The van der Waals surface area contributed by atoms with Gasteiger partial charge in [-0.05, 0) is 39.9 Å². The monoisotopic (exact) mass is 291 g/mol. The highest BCUT2D eigenvalue weighted by molar-refractivity contribution is 5.36. The second kappa shape index (κ2) is 7.78. The van der Waals surface area contributed by atoms with Gasteiger partial charge < -0.3 is 15.4 Å². The van der Waals surface area contributed by atoms with E-state index in [0.29, 0.717) is 19.2 Å². The van der Waals surface area contributed by atoms with Gasteiger partial charge in [-0.3, -0.25) is 4.90 Å². The summed E-state index contributed by atoms with van der Waals surface area (Å²) in [6.45, 7) is 8.97. The van der Waals surface area contributed by atoms with E-state index in [1.165, 1.54) is 12.0 Å². The number of hydrogen-bond donors (Lipinski definition) is 1. The maximum atomic E-state index is 6.14. The van der Waals surface area contributed by atoms with Crippen molar-refractivity contribution in [2.45, 2.75) is 32.4 Å². The van der Waals surface area contributed by atoms with Crippen molar-refractivity contribution in [3.63, 3.8) is 0 Å². The summed E-state index contributed by atoms with van der Waals surface area (Å²) in [6, 6.07) is 9.05. The standard InChI is InChI=1S/C17H29N3O/c1-4-21-17-9-6-5-8-15(17)16(12-18)20-11-7-10-19(3)13-14(20)2/h5-6,8-9,14,16H,4,7,10-13,18H2,1-3H3. The summed E-state index contributed by atoms with van der Waals surface area (Å²) in [5.41, 5.74) is 7.36. The Labute approximate surface area is 128 Å². The number of ether oxygens (including phenoxy) is 1. The van der Waals surface area contributed by atoms with Gasteiger partial charge >= 0.3 is 0 Å². The van der Waals surface area contributed by atoms with Gasteiger partial charge in [-0.25, -0.2) is 0 Å². The van der Waals surface area contributed by atoms with Crippen LogP contribution in [0.3, 0.4) is 0 Å². The van der Waals surface area contributed by atoms with Crippen LogP contribution in [0.15, 0.2) is 24.3 Å². The van der Waals surface area contributed by atoms with Gasteiger partial charge in [0.25, 0.3) is 0 Å². The second-order valence-electron chi connectivity index (χ2n) is 5.92. The molecule has 2 N–H and O–H groups in total. The lowest BCUT2D eigenvalue weighted by atomic mass is 10.0. The molecule has 0 bridgehead atoms. The third-order valence-corrected chi connectivity index (χ3v) is 4.30. The molecule has 0 radical (unpaired) electrons. The highest BCUT2D eigenvalue weighted by Crippen LogP contribution is 2.31. The van der Waals surface area contributed by atoms with Gasteiger partial charge in [0, 0.05) is 31.2 Å². The Morgan fingerprint density at radius 2 is 2.10 bits per heavy atom. The van der Waals surface area contributed by atoms with Crippen LogP contribution in [0.25, 0.3) is 0 Å². The molecule has 0 saturated carbocycles. The SMILES string of the molecule is CCOc1ccccc1C(CN)N1CCCN(C)CC1C. The topological polar surface area (TPSA) is 41.7 Å². The highest BCUT2D eigenvalue weighted by Gasteiger charge is 2.28. The number of rotatable bonds is 5. The molecule has 0 amide bonds. The zero-order valence-corrected chi connectivity index (χ0v) is 13.6. The van der Waals surface area contributed by atoms with Crippen LogP contribution in [-0.2, 0) is 0 Å². The quantitative estimate of drug-likeness (QED) is 0.902. The molecule has 0 spiro atoms. The smallest absolute Gasteiger partial charge is 0.124 e. The predicted molar refractivity (Wildman–Crippen MR) is 87.7 cm³/mol. The van der Waals surface area contributed by atoms with Crippen molar-refractivity contribution in [3.8, 4) is 5.75 Å². The molecular formula is C17H29N3O. The minimum Gasteiger partial charge on any atom is -0.494 e. The molecule has 1 aromatic rings. The van der Waals surface area contributed by atoms with Gasteiger partial charge in [-0.15, -0.1) is 0 Å². The average Bonchev–Trinajstić information content (AvgIpc) is 2.63. The summed E-state index contributed by atoms with van der Waals surface area (Å²) < 4.78 is 5.81. The summed E-state index contributed by atoms with van der Waals surface area (Å²) in [7, 11) is 2.20. The average molecular weight is 291 g/mol. The van der Waals surface area contributed by atoms with E-state index >= 15 is 0 Å². The minimum atomic E-state index is 0.231. The van der Waals surface area contributed by atoms with Crippen molar-refractivity contribution in [1.29, 1.82) is 0 Å². The summed E-state index contributed by atoms with van der Waals surface area (Å²) in [4.78, 5) is 4.95. The largest absolute Gasteiger partial charge is 0.494 e. The molecule has 1 heterocycles. The third-order valence-electron chi connectivity index (χ3n) is 4.30. The lowest BCUT2D eigenvalue weighted by Gasteiger charge is -2.36. The molecule has 1 aliphatic rings. The van der Waals surface area contributed by atoms with E-state index in [1.54, 1.807) is 0 Å². The van der Waals surface area contributed by atoms with Crippen molar-refractivity contribution in [2.24, 2.45) is 5.73 Å². The van der Waals surface area contributed by atoms with Gasteiger partial charge in [0.1, 0.15) is 5.75 Å². The molecule has 0 aliphatic carbocycles. The van der Waals surface area contributed by atoms with Gasteiger partial charge in [0.2, 0.25) is 0 Å². The van der Waals surface area contributed by atoms with Crippen molar-refractivity contribution in [2.75, 3.05) is 39.8 Å². The first-order chi connectivity index (χ1) is 10.2. The number of hydrogen-bond acceptors (Lipinski definition) is 4. The summed E-state index contributed by atoms with van der Waals surface area (Å²) in [5.74, 6) is 0.972. The van der Waals surface area contributed by atoms with Crippen molar-refractivity contribution >= 4 is 0 Å². The number of nitrogens with zero attached hydrogens (tertiary/aromatic N) is 2. The van der Waals surface area contributed by atoms with E-state index in [-0.39, 0.29) is 6.04 Å². The molecule has 2 rings (SSSR count). The number of para-hydroxylation sites is 1. The molecule has 2 unspecified atom stereocenters.